The second-order valence-electron chi connectivity index (χ2n) is 11.4. The number of likely N-dealkylation sites (tertiary alicyclic amines) is 1. The summed E-state index contributed by atoms with van der Waals surface area (Å²) in [5.41, 5.74) is -1.14. The molecule has 1 unspecified atom stereocenters. The van der Waals surface area contributed by atoms with Crippen molar-refractivity contribution in [1.29, 1.82) is 0 Å². The minimum atomic E-state index is -3.71. The quantitative estimate of drug-likeness (QED) is 0.196. The Morgan fingerprint density at radius 1 is 0.955 bits per heavy atom. The van der Waals surface area contributed by atoms with Crippen LogP contribution < -0.4 is 4.90 Å². The molecular weight excluding hydrogens is 584 g/mol. The van der Waals surface area contributed by atoms with Crippen LogP contribution in [0.1, 0.15) is 30.4 Å². The minimum Gasteiger partial charge on any atom is -0.507 e. The van der Waals surface area contributed by atoms with Gasteiger partial charge in [-0.1, -0.05) is 24.3 Å². The summed E-state index contributed by atoms with van der Waals surface area (Å²) in [6.45, 7) is 8.30. The number of hydrogen-bond acceptors (Lipinski definition) is 8. The molecule has 0 aliphatic carbocycles. The van der Waals surface area contributed by atoms with Crippen LogP contribution >= 0.6 is 0 Å². The molecule has 11 nitrogen and oxygen atoms in total. The molecule has 232 valence electrons. The molecule has 2 amide bonds. The molecule has 1 N–H and O–H groups in total. The summed E-state index contributed by atoms with van der Waals surface area (Å²) in [4.78, 5) is 47.2. The summed E-state index contributed by atoms with van der Waals surface area (Å²) < 4.78 is 33.0. The number of morpholine rings is 1. The summed E-state index contributed by atoms with van der Waals surface area (Å²) in [5.74, 6) is -2.90. The van der Waals surface area contributed by atoms with Gasteiger partial charge in [-0.3, -0.25) is 19.3 Å². The SMILES string of the molecule is C=CCN1C(=O)C2(/C(=C(/O)c3ccc(S(=O)(=O)N4CCCC4)cc3)C(=O)C(=O)N2CCCN2CCOCC2)c2ccccc21. The number of Topliss-reactive ketones (excluding diaryl/α,β-unsaturated/α-hetero) is 1. The Labute approximate surface area is 257 Å². The summed E-state index contributed by atoms with van der Waals surface area (Å²) >= 11 is 0. The van der Waals surface area contributed by atoms with Crippen molar-refractivity contribution in [2.45, 2.75) is 29.7 Å². The molecule has 1 atom stereocenters. The first kappa shape index (κ1) is 30.2. The second-order valence-corrected chi connectivity index (χ2v) is 13.3. The maximum absolute atomic E-state index is 14.5. The molecule has 0 aromatic heterocycles. The number of ether oxygens (including phenoxy) is 1. The van der Waals surface area contributed by atoms with Gasteiger partial charge < -0.3 is 19.6 Å². The van der Waals surface area contributed by atoms with Crippen LogP contribution in [0.25, 0.3) is 5.76 Å². The fourth-order valence-corrected chi connectivity index (χ4v) is 8.28. The van der Waals surface area contributed by atoms with Crippen molar-refractivity contribution < 1.29 is 32.6 Å². The number of amides is 2. The molecule has 3 fully saturated rings. The minimum absolute atomic E-state index is 0.0636. The Bertz CT molecular complexity index is 1630. The fraction of sp³-hybridized carbons (Fsp3) is 0.406. The number of rotatable bonds is 9. The van der Waals surface area contributed by atoms with Gasteiger partial charge in [0.25, 0.3) is 17.6 Å². The average Bonchev–Trinajstić information content (AvgIpc) is 3.73. The zero-order valence-corrected chi connectivity index (χ0v) is 25.3. The number of carbonyl (C=O) groups is 3. The van der Waals surface area contributed by atoms with E-state index in [9.17, 15) is 27.9 Å². The number of anilines is 1. The number of aliphatic hydroxyl groups is 1. The van der Waals surface area contributed by atoms with Crippen LogP contribution in [0.5, 0.6) is 0 Å². The summed E-state index contributed by atoms with van der Waals surface area (Å²) in [7, 11) is -3.71. The zero-order valence-electron chi connectivity index (χ0n) is 24.5. The largest absolute Gasteiger partial charge is 0.507 e. The van der Waals surface area contributed by atoms with E-state index in [-0.39, 0.29) is 29.1 Å². The molecule has 4 aliphatic heterocycles. The second kappa shape index (κ2) is 11.9. The van der Waals surface area contributed by atoms with Gasteiger partial charge in [-0.05, 0) is 49.6 Å². The smallest absolute Gasteiger partial charge is 0.296 e. The Balaban J connectivity index is 1.44. The molecule has 12 heteroatoms. The standard InChI is InChI=1S/C32H36N4O7S/c1-2-14-35-26-9-4-3-8-25(26)32(31(35)40)27(29(38)30(39)36(32)18-7-15-33-19-21-43-22-20-33)28(37)23-10-12-24(13-11-23)44(41,42)34-16-5-6-17-34/h2-4,8-13,37H,1,5-7,14-22H2/b28-27+. The molecule has 4 heterocycles. The van der Waals surface area contributed by atoms with Gasteiger partial charge in [-0.2, -0.15) is 4.31 Å². The molecule has 0 saturated carbocycles. The van der Waals surface area contributed by atoms with E-state index in [0.717, 1.165) is 25.9 Å². The molecule has 6 rings (SSSR count). The number of para-hydroxylation sites is 1. The van der Waals surface area contributed by atoms with E-state index in [1.807, 2.05) is 0 Å². The molecule has 2 aromatic carbocycles. The first-order valence-corrected chi connectivity index (χ1v) is 16.4. The monoisotopic (exact) mass is 620 g/mol. The van der Waals surface area contributed by atoms with Crippen LogP contribution in [-0.2, 0) is 34.7 Å². The first-order chi connectivity index (χ1) is 21.2. The third-order valence-electron chi connectivity index (χ3n) is 8.91. The van der Waals surface area contributed by atoms with Crippen LogP contribution in [0.15, 0.2) is 71.7 Å². The van der Waals surface area contributed by atoms with Crippen molar-refractivity contribution in [1.82, 2.24) is 14.1 Å². The lowest BCUT2D eigenvalue weighted by atomic mass is 9.82. The van der Waals surface area contributed by atoms with Crippen molar-refractivity contribution >= 4 is 39.1 Å². The van der Waals surface area contributed by atoms with E-state index in [4.69, 9.17) is 4.74 Å². The molecule has 1 spiro atoms. The van der Waals surface area contributed by atoms with Gasteiger partial charge in [0.05, 0.1) is 29.4 Å². The Kier molecular flexibility index (Phi) is 8.18. The highest BCUT2D eigenvalue weighted by Crippen LogP contribution is 2.53. The Hall–Kier alpha value is -3.84. The third kappa shape index (κ3) is 4.76. The van der Waals surface area contributed by atoms with Gasteiger partial charge in [0.15, 0.2) is 5.54 Å². The Morgan fingerprint density at radius 3 is 2.32 bits per heavy atom. The summed E-state index contributed by atoms with van der Waals surface area (Å²) in [6.07, 6.45) is 3.65. The normalized spacial score (nSPS) is 24.0. The van der Waals surface area contributed by atoms with Gasteiger partial charge in [0, 0.05) is 56.9 Å². The zero-order chi connectivity index (χ0) is 31.1. The molecule has 44 heavy (non-hydrogen) atoms. The van der Waals surface area contributed by atoms with Crippen molar-refractivity contribution in [2.75, 3.05) is 63.9 Å². The number of benzene rings is 2. The van der Waals surface area contributed by atoms with Crippen molar-refractivity contribution in [2.24, 2.45) is 0 Å². The first-order valence-electron chi connectivity index (χ1n) is 15.0. The van der Waals surface area contributed by atoms with Crippen molar-refractivity contribution in [3.05, 3.63) is 77.9 Å². The maximum atomic E-state index is 14.5. The lowest BCUT2D eigenvalue weighted by Gasteiger charge is -2.35. The highest BCUT2D eigenvalue weighted by atomic mass is 32.2. The van der Waals surface area contributed by atoms with E-state index >= 15 is 0 Å². The molecule has 0 radical (unpaired) electrons. The number of nitrogens with zero attached hydrogens (tertiary/aromatic N) is 4. The highest BCUT2D eigenvalue weighted by Gasteiger charge is 2.66. The Morgan fingerprint density at radius 2 is 1.64 bits per heavy atom. The van der Waals surface area contributed by atoms with E-state index < -0.39 is 38.9 Å². The van der Waals surface area contributed by atoms with Crippen molar-refractivity contribution in [3.63, 3.8) is 0 Å². The summed E-state index contributed by atoms with van der Waals surface area (Å²) in [6, 6.07) is 12.5. The van der Waals surface area contributed by atoms with Gasteiger partial charge in [0.1, 0.15) is 5.76 Å². The van der Waals surface area contributed by atoms with Gasteiger partial charge in [-0.25, -0.2) is 8.42 Å². The number of fused-ring (bicyclic) bond motifs is 2. The molecule has 4 aliphatic rings. The number of aliphatic hydroxyl groups excluding tert-OH is 1. The summed E-state index contributed by atoms with van der Waals surface area (Å²) in [5, 5.41) is 11.8. The molecular formula is C32H36N4O7S. The molecule has 2 aromatic rings. The van der Waals surface area contributed by atoms with Gasteiger partial charge >= 0.3 is 0 Å². The van der Waals surface area contributed by atoms with Crippen LogP contribution in [0.3, 0.4) is 0 Å². The fourth-order valence-electron chi connectivity index (χ4n) is 6.76. The number of ketones is 1. The van der Waals surface area contributed by atoms with E-state index in [2.05, 4.69) is 11.5 Å². The predicted octanol–water partition coefficient (Wildman–Crippen LogP) is 2.30. The van der Waals surface area contributed by atoms with E-state index in [1.54, 1.807) is 30.3 Å². The van der Waals surface area contributed by atoms with E-state index in [0.29, 0.717) is 50.5 Å². The highest BCUT2D eigenvalue weighted by molar-refractivity contribution is 7.89. The topological polar surface area (TPSA) is 128 Å². The lowest BCUT2D eigenvalue weighted by molar-refractivity contribution is -0.143. The maximum Gasteiger partial charge on any atom is 0.296 e. The van der Waals surface area contributed by atoms with Gasteiger partial charge in [0.2, 0.25) is 10.0 Å². The van der Waals surface area contributed by atoms with Crippen LogP contribution in [0.4, 0.5) is 5.69 Å². The number of carbonyl (C=O) groups excluding carboxylic acids is 3. The molecule has 0 bridgehead atoms. The van der Waals surface area contributed by atoms with Crippen molar-refractivity contribution in [3.8, 4) is 0 Å². The van der Waals surface area contributed by atoms with Crippen LogP contribution in [0.2, 0.25) is 0 Å². The lowest BCUT2D eigenvalue weighted by Crippen LogP contribution is -2.52. The number of sulfonamides is 1. The van der Waals surface area contributed by atoms with E-state index in [1.165, 1.54) is 38.4 Å². The molecule has 3 saturated heterocycles. The van der Waals surface area contributed by atoms with Crippen LogP contribution in [0, 0.1) is 0 Å². The predicted molar refractivity (Wildman–Crippen MR) is 163 cm³/mol. The number of hydrogen-bond donors (Lipinski definition) is 1. The average molecular weight is 621 g/mol. The third-order valence-corrected chi connectivity index (χ3v) is 10.8. The van der Waals surface area contributed by atoms with Gasteiger partial charge in [-0.15, -0.1) is 6.58 Å². The van der Waals surface area contributed by atoms with Crippen LogP contribution in [-0.4, -0.2) is 104 Å².